The number of amides is 1. The van der Waals surface area contributed by atoms with Gasteiger partial charge < -0.3 is 4.18 Å². The topological polar surface area (TPSA) is 38.8 Å². The van der Waals surface area contributed by atoms with Crippen LogP contribution in [0.3, 0.4) is 0 Å². The molecule has 0 rings (SSSR count). The Morgan fingerprint density at radius 2 is 2.00 bits per heavy atom. The summed E-state index contributed by atoms with van der Waals surface area (Å²) in [5.74, 6) is 0.893. The van der Waals surface area contributed by atoms with Crippen molar-refractivity contribution in [1.29, 1.82) is 0 Å². The fourth-order valence-electron chi connectivity index (χ4n) is 1.71. The highest BCUT2D eigenvalue weighted by molar-refractivity contribution is 8.30. The number of carbonyl (C=O) groups excluding carboxylic acids is 1. The molecule has 2 atom stereocenters. The first kappa shape index (κ1) is 19.5. The zero-order chi connectivity index (χ0) is 16.0. The molecule has 0 aliphatic heterocycles. The second-order valence-corrected chi connectivity index (χ2v) is 9.93. The maximum atomic E-state index is 12.0. The molecule has 2 unspecified atom stereocenters. The minimum atomic E-state index is -1.25. The van der Waals surface area contributed by atoms with Crippen molar-refractivity contribution in [3.8, 4) is 0 Å². The lowest BCUT2D eigenvalue weighted by Crippen LogP contribution is -2.34. The fourth-order valence-corrected chi connectivity index (χ4v) is 3.75. The monoisotopic (exact) mass is 305 g/mol. The number of carbonyl (C=O) groups is 1. The van der Waals surface area contributed by atoms with Gasteiger partial charge in [0.2, 0.25) is 5.91 Å². The lowest BCUT2D eigenvalue weighted by atomic mass is 10.2. The standard InChI is InChI=1S/C15H31NO3S/c1-9-11-13(12-14(17)16(6)18-7)19-20(8,10-2)15(3,4)5/h9,13H,1,10-12H2,2-8H3. The minimum absolute atomic E-state index is 0.0777. The minimum Gasteiger partial charge on any atom is -0.332 e. The van der Waals surface area contributed by atoms with E-state index in [4.69, 9.17) is 9.02 Å². The third-order valence-corrected chi connectivity index (χ3v) is 8.04. The number of hydrogen-bond acceptors (Lipinski definition) is 3. The summed E-state index contributed by atoms with van der Waals surface area (Å²) in [6.45, 7) is 12.5. The van der Waals surface area contributed by atoms with E-state index in [9.17, 15) is 4.79 Å². The van der Waals surface area contributed by atoms with Crippen molar-refractivity contribution in [1.82, 2.24) is 5.06 Å². The molecule has 0 aromatic rings. The summed E-state index contributed by atoms with van der Waals surface area (Å²) < 4.78 is 6.45. The van der Waals surface area contributed by atoms with Gasteiger partial charge in [-0.15, -0.1) is 16.9 Å². The van der Waals surface area contributed by atoms with E-state index in [0.717, 1.165) is 5.75 Å². The maximum Gasteiger partial charge on any atom is 0.248 e. The smallest absolute Gasteiger partial charge is 0.248 e. The SMILES string of the molecule is C=CCC(CC(=O)N(C)OC)OS(C)(CC)C(C)(C)C. The van der Waals surface area contributed by atoms with E-state index >= 15 is 0 Å². The van der Waals surface area contributed by atoms with Crippen LogP contribution in [0.1, 0.15) is 40.5 Å². The first-order valence-corrected chi connectivity index (χ1v) is 9.10. The van der Waals surface area contributed by atoms with Crippen LogP contribution >= 0.6 is 10.3 Å². The highest BCUT2D eigenvalue weighted by atomic mass is 32.3. The van der Waals surface area contributed by atoms with Crippen molar-refractivity contribution in [2.75, 3.05) is 26.2 Å². The maximum absolute atomic E-state index is 12.0. The molecule has 0 aliphatic rings. The molecule has 0 saturated carbocycles. The molecule has 0 spiro atoms. The van der Waals surface area contributed by atoms with Crippen LogP contribution in [-0.4, -0.2) is 48.0 Å². The van der Waals surface area contributed by atoms with Gasteiger partial charge in [-0.3, -0.25) is 9.63 Å². The average Bonchev–Trinajstić information content (AvgIpc) is 2.36. The third-order valence-electron chi connectivity index (χ3n) is 3.65. The molecule has 0 saturated heterocycles. The molecule has 0 aliphatic carbocycles. The molecule has 0 aromatic heterocycles. The van der Waals surface area contributed by atoms with Crippen LogP contribution < -0.4 is 0 Å². The van der Waals surface area contributed by atoms with Crippen LogP contribution in [0.5, 0.6) is 0 Å². The summed E-state index contributed by atoms with van der Waals surface area (Å²) in [6, 6.07) is 0. The molecule has 0 N–H and O–H groups in total. The lowest BCUT2D eigenvalue weighted by Gasteiger charge is -2.48. The van der Waals surface area contributed by atoms with Crippen molar-refractivity contribution in [3.63, 3.8) is 0 Å². The molecule has 120 valence electrons. The van der Waals surface area contributed by atoms with Crippen molar-refractivity contribution in [2.45, 2.75) is 51.4 Å². The molecule has 0 aromatic carbocycles. The van der Waals surface area contributed by atoms with Crippen LogP contribution in [0, 0.1) is 0 Å². The number of hydrogen-bond donors (Lipinski definition) is 0. The van der Waals surface area contributed by atoms with Gasteiger partial charge in [-0.1, -0.05) is 33.8 Å². The quantitative estimate of drug-likeness (QED) is 0.509. The Balaban J connectivity index is 4.93. The number of hydroxylamine groups is 2. The van der Waals surface area contributed by atoms with E-state index in [0.29, 0.717) is 12.8 Å². The van der Waals surface area contributed by atoms with Crippen LogP contribution in [0.15, 0.2) is 12.7 Å². The Labute approximate surface area is 126 Å². The largest absolute Gasteiger partial charge is 0.332 e. The molecular weight excluding hydrogens is 274 g/mol. The molecule has 0 fully saturated rings. The summed E-state index contributed by atoms with van der Waals surface area (Å²) >= 11 is 0. The van der Waals surface area contributed by atoms with Crippen molar-refractivity contribution in [3.05, 3.63) is 12.7 Å². The van der Waals surface area contributed by atoms with Crippen LogP contribution in [0.2, 0.25) is 0 Å². The van der Waals surface area contributed by atoms with E-state index in [1.165, 1.54) is 12.2 Å². The molecule has 0 heterocycles. The zero-order valence-corrected chi connectivity index (χ0v) is 14.9. The van der Waals surface area contributed by atoms with E-state index < -0.39 is 10.3 Å². The Hall–Kier alpha value is -0.520. The van der Waals surface area contributed by atoms with Gasteiger partial charge in [0, 0.05) is 11.8 Å². The summed E-state index contributed by atoms with van der Waals surface area (Å²) in [7, 11) is 1.85. The van der Waals surface area contributed by atoms with Gasteiger partial charge in [-0.2, -0.15) is 0 Å². The Kier molecular flexibility index (Phi) is 7.84. The van der Waals surface area contributed by atoms with E-state index in [1.54, 1.807) is 7.05 Å². The van der Waals surface area contributed by atoms with Crippen LogP contribution in [0.25, 0.3) is 0 Å². The first-order chi connectivity index (χ1) is 9.11. The molecule has 1 amide bonds. The zero-order valence-electron chi connectivity index (χ0n) is 14.1. The lowest BCUT2D eigenvalue weighted by molar-refractivity contribution is -0.170. The fraction of sp³-hybridized carbons (Fsp3) is 0.800. The molecular formula is C15H31NO3S. The first-order valence-electron chi connectivity index (χ1n) is 6.96. The Morgan fingerprint density at radius 3 is 2.35 bits per heavy atom. The van der Waals surface area contributed by atoms with E-state index in [-0.39, 0.29) is 16.8 Å². The molecule has 0 radical (unpaired) electrons. The second-order valence-electron chi connectivity index (χ2n) is 5.93. The average molecular weight is 305 g/mol. The summed E-state index contributed by atoms with van der Waals surface area (Å²) in [5.41, 5.74) is 0. The number of rotatable bonds is 8. The van der Waals surface area contributed by atoms with Gasteiger partial charge >= 0.3 is 0 Å². The predicted octanol–water partition coefficient (Wildman–Crippen LogP) is 3.53. The molecule has 4 nitrogen and oxygen atoms in total. The summed E-state index contributed by atoms with van der Waals surface area (Å²) in [4.78, 5) is 16.9. The molecule has 0 bridgehead atoms. The van der Waals surface area contributed by atoms with Crippen molar-refractivity contribution < 1.29 is 13.8 Å². The highest BCUT2D eigenvalue weighted by Crippen LogP contribution is 2.57. The third kappa shape index (κ3) is 5.46. The Morgan fingerprint density at radius 1 is 1.45 bits per heavy atom. The van der Waals surface area contributed by atoms with Gasteiger partial charge in [-0.25, -0.2) is 5.06 Å². The summed E-state index contributed by atoms with van der Waals surface area (Å²) in [5, 5.41) is 1.25. The molecule has 20 heavy (non-hydrogen) atoms. The second kappa shape index (κ2) is 8.05. The van der Waals surface area contributed by atoms with Crippen molar-refractivity contribution in [2.24, 2.45) is 0 Å². The van der Waals surface area contributed by atoms with Crippen LogP contribution in [0.4, 0.5) is 0 Å². The van der Waals surface area contributed by atoms with Crippen molar-refractivity contribution >= 4 is 16.2 Å². The van der Waals surface area contributed by atoms with Crippen LogP contribution in [-0.2, 0) is 13.8 Å². The molecule has 5 heteroatoms. The van der Waals surface area contributed by atoms with Gasteiger partial charge in [-0.05, 0) is 18.4 Å². The number of nitrogens with zero attached hydrogens (tertiary/aromatic N) is 1. The summed E-state index contributed by atoms with van der Waals surface area (Å²) in [6.07, 6.45) is 4.84. The van der Waals surface area contributed by atoms with E-state index in [1.807, 2.05) is 6.08 Å². The van der Waals surface area contributed by atoms with Gasteiger partial charge in [0.25, 0.3) is 0 Å². The normalized spacial score (nSPS) is 17.9. The van der Waals surface area contributed by atoms with Gasteiger partial charge in [0.1, 0.15) is 0 Å². The highest BCUT2D eigenvalue weighted by Gasteiger charge is 2.34. The predicted molar refractivity (Wildman–Crippen MR) is 87.9 cm³/mol. The van der Waals surface area contributed by atoms with E-state index in [2.05, 4.69) is 40.5 Å². The van der Waals surface area contributed by atoms with Gasteiger partial charge in [0.05, 0.1) is 19.6 Å². The Bertz CT molecular complexity index is 328. The van der Waals surface area contributed by atoms with Gasteiger partial charge in [0.15, 0.2) is 0 Å².